The van der Waals surface area contributed by atoms with E-state index in [0.717, 1.165) is 12.3 Å². The number of aromatic amines is 1. The molecule has 3 N–H and O–H groups in total. The number of amides is 1. The Hall–Kier alpha value is -2.71. The van der Waals surface area contributed by atoms with E-state index >= 15 is 0 Å². The number of pyridine rings is 1. The first-order chi connectivity index (χ1) is 9.72. The molecule has 9 heteroatoms. The molecule has 0 aliphatic rings. The Balaban J connectivity index is 3.02. The SMILES string of the molecule is CC(C)C(CC(=O)O)NC(=O)c1cc([N+](=O)[O-])c[nH]c1=O. The summed E-state index contributed by atoms with van der Waals surface area (Å²) in [6.07, 6.45) is 0.576. The van der Waals surface area contributed by atoms with Crippen LogP contribution in [-0.2, 0) is 4.79 Å². The smallest absolute Gasteiger partial charge is 0.305 e. The summed E-state index contributed by atoms with van der Waals surface area (Å²) in [6, 6.07) is 0.167. The normalized spacial score (nSPS) is 12.0. The van der Waals surface area contributed by atoms with Crippen LogP contribution in [0, 0.1) is 16.0 Å². The molecule has 9 nitrogen and oxygen atoms in total. The lowest BCUT2D eigenvalue weighted by atomic mass is 10.0. The van der Waals surface area contributed by atoms with Gasteiger partial charge >= 0.3 is 5.97 Å². The monoisotopic (exact) mass is 297 g/mol. The second kappa shape index (κ2) is 6.64. The number of carbonyl (C=O) groups is 2. The number of aromatic nitrogens is 1. The molecule has 0 saturated heterocycles. The zero-order valence-corrected chi connectivity index (χ0v) is 11.5. The molecule has 1 heterocycles. The fourth-order valence-electron chi connectivity index (χ4n) is 1.63. The average Bonchev–Trinajstić information content (AvgIpc) is 2.37. The Morgan fingerprint density at radius 1 is 1.48 bits per heavy atom. The first-order valence-corrected chi connectivity index (χ1v) is 6.12. The Morgan fingerprint density at radius 3 is 2.57 bits per heavy atom. The highest BCUT2D eigenvalue weighted by Crippen LogP contribution is 2.10. The molecule has 0 saturated carbocycles. The molecule has 0 bridgehead atoms. The highest BCUT2D eigenvalue weighted by atomic mass is 16.6. The van der Waals surface area contributed by atoms with Crippen molar-refractivity contribution in [2.45, 2.75) is 26.3 Å². The minimum Gasteiger partial charge on any atom is -0.481 e. The van der Waals surface area contributed by atoms with Crippen LogP contribution in [-0.4, -0.2) is 32.9 Å². The zero-order valence-electron chi connectivity index (χ0n) is 11.5. The highest BCUT2D eigenvalue weighted by molar-refractivity contribution is 5.94. The topological polar surface area (TPSA) is 142 Å². The van der Waals surface area contributed by atoms with Crippen LogP contribution in [0.25, 0.3) is 0 Å². The van der Waals surface area contributed by atoms with Gasteiger partial charge in [0.15, 0.2) is 0 Å². The molecular formula is C12H15N3O6. The summed E-state index contributed by atoms with van der Waals surface area (Å²) in [5, 5.41) is 21.8. The first-order valence-electron chi connectivity index (χ1n) is 6.12. The number of nitrogens with one attached hydrogen (secondary N) is 2. The number of hydrogen-bond donors (Lipinski definition) is 3. The van der Waals surface area contributed by atoms with Gasteiger partial charge in [-0.1, -0.05) is 13.8 Å². The van der Waals surface area contributed by atoms with Crippen LogP contribution in [0.2, 0.25) is 0 Å². The third kappa shape index (κ3) is 4.41. The number of carboxylic acid groups (broad SMARTS) is 1. The lowest BCUT2D eigenvalue weighted by Gasteiger charge is -2.20. The number of aliphatic carboxylic acids is 1. The van der Waals surface area contributed by atoms with Gasteiger partial charge in [0.05, 0.1) is 17.5 Å². The molecule has 21 heavy (non-hydrogen) atoms. The summed E-state index contributed by atoms with van der Waals surface area (Å²) in [5.41, 5.74) is -1.64. The van der Waals surface area contributed by atoms with Gasteiger partial charge in [-0.2, -0.15) is 0 Å². The first kappa shape index (κ1) is 16.3. The van der Waals surface area contributed by atoms with Gasteiger partial charge < -0.3 is 15.4 Å². The molecule has 0 aliphatic carbocycles. The van der Waals surface area contributed by atoms with Gasteiger partial charge in [-0.3, -0.25) is 24.5 Å². The summed E-state index contributed by atoms with van der Waals surface area (Å²) < 4.78 is 0. The second-order valence-corrected chi connectivity index (χ2v) is 4.78. The minimum absolute atomic E-state index is 0.178. The average molecular weight is 297 g/mol. The van der Waals surface area contributed by atoms with E-state index in [1.54, 1.807) is 13.8 Å². The number of carboxylic acids is 1. The van der Waals surface area contributed by atoms with Crippen LogP contribution in [0.15, 0.2) is 17.1 Å². The Labute approximate surface area is 119 Å². The van der Waals surface area contributed by atoms with E-state index in [0.29, 0.717) is 0 Å². The quantitative estimate of drug-likeness (QED) is 0.515. The van der Waals surface area contributed by atoms with Gasteiger partial charge in [0.1, 0.15) is 5.56 Å². The van der Waals surface area contributed by atoms with Crippen molar-refractivity contribution in [2.75, 3.05) is 0 Å². The molecule has 1 atom stereocenters. The summed E-state index contributed by atoms with van der Waals surface area (Å²) in [7, 11) is 0. The number of hydrogen-bond acceptors (Lipinski definition) is 5. The minimum atomic E-state index is -1.10. The predicted molar refractivity (Wildman–Crippen MR) is 72.1 cm³/mol. The zero-order chi connectivity index (χ0) is 16.2. The van der Waals surface area contributed by atoms with Crippen molar-refractivity contribution < 1.29 is 19.6 Å². The second-order valence-electron chi connectivity index (χ2n) is 4.78. The Bertz CT molecular complexity index is 622. The van der Waals surface area contributed by atoms with E-state index in [4.69, 9.17) is 5.11 Å². The maximum atomic E-state index is 12.0. The molecular weight excluding hydrogens is 282 g/mol. The van der Waals surface area contributed by atoms with Crippen molar-refractivity contribution >= 4 is 17.6 Å². The molecule has 0 spiro atoms. The maximum Gasteiger partial charge on any atom is 0.305 e. The van der Waals surface area contributed by atoms with Gasteiger partial charge in [-0.15, -0.1) is 0 Å². The number of H-pyrrole nitrogens is 1. The standard InChI is InChI=1S/C12H15N3O6/c1-6(2)9(4-10(16)17)14-12(19)8-3-7(15(20)21)5-13-11(8)18/h3,5-6,9H,4H2,1-2H3,(H,13,18)(H,14,19)(H,16,17). The van der Waals surface area contributed by atoms with Gasteiger partial charge in [0, 0.05) is 12.1 Å². The Kier molecular flexibility index (Phi) is 5.17. The van der Waals surface area contributed by atoms with Crippen LogP contribution < -0.4 is 10.9 Å². The summed E-state index contributed by atoms with van der Waals surface area (Å²) >= 11 is 0. The van der Waals surface area contributed by atoms with E-state index < -0.39 is 39.7 Å². The van der Waals surface area contributed by atoms with E-state index in [2.05, 4.69) is 10.3 Å². The fraction of sp³-hybridized carbons (Fsp3) is 0.417. The van der Waals surface area contributed by atoms with Crippen molar-refractivity contribution in [1.82, 2.24) is 10.3 Å². The molecule has 1 amide bonds. The van der Waals surface area contributed by atoms with Crippen LogP contribution in [0.5, 0.6) is 0 Å². The van der Waals surface area contributed by atoms with Crippen molar-refractivity contribution in [3.63, 3.8) is 0 Å². The number of nitrogens with zero attached hydrogens (tertiary/aromatic N) is 1. The molecule has 0 radical (unpaired) electrons. The summed E-state index contributed by atoms with van der Waals surface area (Å²) in [5.74, 6) is -2.12. The van der Waals surface area contributed by atoms with Crippen LogP contribution in [0.4, 0.5) is 5.69 Å². The van der Waals surface area contributed by atoms with Crippen LogP contribution in [0.3, 0.4) is 0 Å². The molecule has 1 aromatic rings. The lowest BCUT2D eigenvalue weighted by molar-refractivity contribution is -0.385. The van der Waals surface area contributed by atoms with Crippen LogP contribution in [0.1, 0.15) is 30.6 Å². The Morgan fingerprint density at radius 2 is 2.10 bits per heavy atom. The summed E-state index contributed by atoms with van der Waals surface area (Å²) in [4.78, 5) is 46.3. The van der Waals surface area contributed by atoms with E-state index in [1.807, 2.05) is 0 Å². The van der Waals surface area contributed by atoms with Gasteiger partial charge in [0.2, 0.25) is 0 Å². The van der Waals surface area contributed by atoms with Crippen molar-refractivity contribution in [1.29, 1.82) is 0 Å². The number of rotatable bonds is 6. The largest absolute Gasteiger partial charge is 0.481 e. The highest BCUT2D eigenvalue weighted by Gasteiger charge is 2.23. The maximum absolute atomic E-state index is 12.0. The van der Waals surface area contributed by atoms with Crippen molar-refractivity contribution in [3.8, 4) is 0 Å². The fourth-order valence-corrected chi connectivity index (χ4v) is 1.63. The third-order valence-corrected chi connectivity index (χ3v) is 2.86. The van der Waals surface area contributed by atoms with Crippen molar-refractivity contribution in [3.05, 3.63) is 38.3 Å². The van der Waals surface area contributed by atoms with E-state index in [-0.39, 0.29) is 12.3 Å². The molecule has 0 aromatic carbocycles. The lowest BCUT2D eigenvalue weighted by Crippen LogP contribution is -2.41. The molecule has 0 aliphatic heterocycles. The number of nitro groups is 1. The molecule has 0 fully saturated rings. The van der Waals surface area contributed by atoms with Gasteiger partial charge in [-0.05, 0) is 5.92 Å². The van der Waals surface area contributed by atoms with Gasteiger partial charge in [-0.25, -0.2) is 0 Å². The van der Waals surface area contributed by atoms with Gasteiger partial charge in [0.25, 0.3) is 17.2 Å². The molecule has 1 aromatic heterocycles. The molecule has 114 valence electrons. The van der Waals surface area contributed by atoms with Crippen molar-refractivity contribution in [2.24, 2.45) is 5.92 Å². The third-order valence-electron chi connectivity index (χ3n) is 2.86. The number of carbonyl (C=O) groups excluding carboxylic acids is 1. The summed E-state index contributed by atoms with van der Waals surface area (Å²) in [6.45, 7) is 3.43. The molecule has 1 unspecified atom stereocenters. The van der Waals surface area contributed by atoms with Crippen LogP contribution >= 0.6 is 0 Å². The predicted octanol–water partition coefficient (Wildman–Crippen LogP) is 0.512. The molecule has 1 rings (SSSR count). The van der Waals surface area contributed by atoms with E-state index in [1.165, 1.54) is 0 Å². The van der Waals surface area contributed by atoms with E-state index in [9.17, 15) is 24.5 Å².